The molecule has 1 aromatic rings. The molecule has 1 fully saturated rings. The van der Waals surface area contributed by atoms with E-state index in [-0.39, 0.29) is 5.91 Å². The fourth-order valence-corrected chi connectivity index (χ4v) is 3.00. The third kappa shape index (κ3) is 3.23. The van der Waals surface area contributed by atoms with Gasteiger partial charge in [-0.2, -0.15) is 0 Å². The van der Waals surface area contributed by atoms with Crippen molar-refractivity contribution in [2.24, 2.45) is 5.92 Å². The Morgan fingerprint density at radius 3 is 2.85 bits per heavy atom. The van der Waals surface area contributed by atoms with E-state index < -0.39 is 0 Å². The number of halogens is 1. The van der Waals surface area contributed by atoms with Crippen molar-refractivity contribution in [3.8, 4) is 0 Å². The van der Waals surface area contributed by atoms with Crippen molar-refractivity contribution in [2.75, 3.05) is 19.4 Å². The van der Waals surface area contributed by atoms with Crippen molar-refractivity contribution >= 4 is 23.3 Å². The molecule has 1 aliphatic rings. The van der Waals surface area contributed by atoms with Gasteiger partial charge in [-0.1, -0.05) is 31.4 Å². The first-order chi connectivity index (χ1) is 9.52. The third-order valence-electron chi connectivity index (χ3n) is 4.08. The fourth-order valence-electron chi connectivity index (χ4n) is 2.82. The zero-order valence-electron chi connectivity index (χ0n) is 12.3. The summed E-state index contributed by atoms with van der Waals surface area (Å²) in [7, 11) is 3.63. The van der Waals surface area contributed by atoms with Gasteiger partial charge in [0.25, 0.3) is 5.91 Å². The van der Waals surface area contributed by atoms with Crippen molar-refractivity contribution in [1.29, 1.82) is 0 Å². The van der Waals surface area contributed by atoms with Crippen molar-refractivity contribution in [3.63, 3.8) is 0 Å². The lowest BCUT2D eigenvalue weighted by Gasteiger charge is -2.34. The molecule has 2 rings (SSSR count). The maximum Gasteiger partial charge on any atom is 0.274 e. The molecular formula is C15H22ClN3O. The van der Waals surface area contributed by atoms with Crippen LogP contribution in [0.25, 0.3) is 0 Å². The van der Waals surface area contributed by atoms with Gasteiger partial charge in [-0.25, -0.2) is 4.98 Å². The number of nitrogens with zero attached hydrogens (tertiary/aromatic N) is 2. The average molecular weight is 296 g/mol. The molecule has 20 heavy (non-hydrogen) atoms. The summed E-state index contributed by atoms with van der Waals surface area (Å²) in [6, 6.07) is 3.77. The number of hydrogen-bond acceptors (Lipinski definition) is 3. The van der Waals surface area contributed by atoms with Gasteiger partial charge in [-0.05, 0) is 30.9 Å². The number of carbonyl (C=O) groups excluding carboxylic acids is 1. The molecule has 2 unspecified atom stereocenters. The van der Waals surface area contributed by atoms with Crippen LogP contribution in [0.15, 0.2) is 12.1 Å². The molecule has 0 spiro atoms. The highest BCUT2D eigenvalue weighted by atomic mass is 35.5. The van der Waals surface area contributed by atoms with Crippen LogP contribution in [0, 0.1) is 5.92 Å². The Hall–Kier alpha value is -1.29. The van der Waals surface area contributed by atoms with E-state index in [1.807, 2.05) is 11.9 Å². The van der Waals surface area contributed by atoms with Gasteiger partial charge in [0.05, 0.1) is 5.02 Å². The van der Waals surface area contributed by atoms with Gasteiger partial charge in [-0.3, -0.25) is 4.79 Å². The first-order valence-corrected chi connectivity index (χ1v) is 7.52. The Morgan fingerprint density at radius 2 is 2.20 bits per heavy atom. The van der Waals surface area contributed by atoms with E-state index in [4.69, 9.17) is 11.6 Å². The largest absolute Gasteiger partial charge is 0.373 e. The Labute approximate surface area is 125 Å². The van der Waals surface area contributed by atoms with Crippen molar-refractivity contribution < 1.29 is 4.79 Å². The number of amides is 1. The minimum atomic E-state index is -0.0915. The summed E-state index contributed by atoms with van der Waals surface area (Å²) in [4.78, 5) is 18.7. The maximum absolute atomic E-state index is 12.6. The molecule has 0 aromatic carbocycles. The van der Waals surface area contributed by atoms with Crippen LogP contribution in [0.1, 0.15) is 43.1 Å². The lowest BCUT2D eigenvalue weighted by Crippen LogP contribution is -2.40. The summed E-state index contributed by atoms with van der Waals surface area (Å²) < 4.78 is 0. The topological polar surface area (TPSA) is 45.2 Å². The first-order valence-electron chi connectivity index (χ1n) is 7.14. The lowest BCUT2D eigenvalue weighted by atomic mass is 9.86. The molecule has 1 amide bonds. The van der Waals surface area contributed by atoms with Crippen LogP contribution in [-0.2, 0) is 0 Å². The molecule has 1 N–H and O–H groups in total. The number of rotatable bonds is 3. The third-order valence-corrected chi connectivity index (χ3v) is 4.39. The van der Waals surface area contributed by atoms with Gasteiger partial charge >= 0.3 is 0 Å². The normalized spacial score (nSPS) is 22.4. The van der Waals surface area contributed by atoms with Crippen molar-refractivity contribution in [3.05, 3.63) is 22.8 Å². The zero-order valence-corrected chi connectivity index (χ0v) is 13.1. The maximum atomic E-state index is 12.6. The number of pyridine rings is 1. The van der Waals surface area contributed by atoms with Gasteiger partial charge < -0.3 is 10.2 Å². The van der Waals surface area contributed by atoms with Crippen LogP contribution >= 0.6 is 11.6 Å². The first kappa shape index (κ1) is 15.1. The second-order valence-corrected chi connectivity index (χ2v) is 6.03. The fraction of sp³-hybridized carbons (Fsp3) is 0.600. The highest BCUT2D eigenvalue weighted by Crippen LogP contribution is 2.28. The lowest BCUT2D eigenvalue weighted by molar-refractivity contribution is 0.0666. The standard InChI is InChI=1S/C15H22ClN3O/c1-10-5-4-6-11(9-10)19(3)15(20)14-12(16)7-8-13(17-2)18-14/h7-8,10-11H,4-6,9H2,1-3H3,(H,17,18). The van der Waals surface area contributed by atoms with E-state index in [0.29, 0.717) is 28.5 Å². The van der Waals surface area contributed by atoms with Gasteiger partial charge in [0.15, 0.2) is 0 Å². The SMILES string of the molecule is CNc1ccc(Cl)c(C(=O)N(C)C2CCCC(C)C2)n1. The Morgan fingerprint density at radius 1 is 1.45 bits per heavy atom. The minimum absolute atomic E-state index is 0.0915. The molecule has 1 heterocycles. The van der Waals surface area contributed by atoms with E-state index in [1.54, 1.807) is 19.2 Å². The second kappa shape index (κ2) is 6.44. The highest BCUT2D eigenvalue weighted by molar-refractivity contribution is 6.33. The van der Waals surface area contributed by atoms with Crippen LogP contribution < -0.4 is 5.32 Å². The van der Waals surface area contributed by atoms with E-state index in [0.717, 1.165) is 12.8 Å². The van der Waals surface area contributed by atoms with Crippen molar-refractivity contribution in [2.45, 2.75) is 38.6 Å². The molecule has 4 nitrogen and oxygen atoms in total. The minimum Gasteiger partial charge on any atom is -0.373 e. The molecule has 110 valence electrons. The molecule has 0 bridgehead atoms. The zero-order chi connectivity index (χ0) is 14.7. The molecule has 2 atom stereocenters. The Bertz CT molecular complexity index is 492. The summed E-state index contributed by atoms with van der Waals surface area (Å²) in [6.07, 6.45) is 4.56. The van der Waals surface area contributed by atoms with Crippen LogP contribution in [0.4, 0.5) is 5.82 Å². The number of anilines is 1. The molecule has 5 heteroatoms. The molecule has 1 aromatic heterocycles. The van der Waals surface area contributed by atoms with E-state index in [9.17, 15) is 4.79 Å². The predicted molar refractivity (Wildman–Crippen MR) is 82.3 cm³/mol. The molecule has 0 saturated heterocycles. The Balaban J connectivity index is 2.17. The predicted octanol–water partition coefficient (Wildman–Crippen LogP) is 3.43. The van der Waals surface area contributed by atoms with Crippen molar-refractivity contribution in [1.82, 2.24) is 9.88 Å². The molecule has 0 radical (unpaired) electrons. The highest BCUT2D eigenvalue weighted by Gasteiger charge is 2.27. The van der Waals surface area contributed by atoms with Gasteiger partial charge in [0.2, 0.25) is 0 Å². The van der Waals surface area contributed by atoms with Gasteiger partial charge in [-0.15, -0.1) is 0 Å². The molecule has 1 aliphatic carbocycles. The number of hydrogen-bond donors (Lipinski definition) is 1. The summed E-state index contributed by atoms with van der Waals surface area (Å²) in [6.45, 7) is 2.25. The van der Waals surface area contributed by atoms with Crippen LogP contribution in [0.5, 0.6) is 0 Å². The van der Waals surface area contributed by atoms with Gasteiger partial charge in [0.1, 0.15) is 11.5 Å². The van der Waals surface area contributed by atoms with Crippen LogP contribution in [0.2, 0.25) is 5.02 Å². The summed E-state index contributed by atoms with van der Waals surface area (Å²) in [5, 5.41) is 3.34. The van der Waals surface area contributed by atoms with Crippen LogP contribution in [0.3, 0.4) is 0 Å². The second-order valence-electron chi connectivity index (χ2n) is 5.62. The van der Waals surface area contributed by atoms with Crippen LogP contribution in [-0.4, -0.2) is 35.9 Å². The van der Waals surface area contributed by atoms with Gasteiger partial charge in [0, 0.05) is 20.1 Å². The molecular weight excluding hydrogens is 274 g/mol. The number of aromatic nitrogens is 1. The number of carbonyl (C=O) groups is 1. The van der Waals surface area contributed by atoms with E-state index in [2.05, 4.69) is 17.2 Å². The summed E-state index contributed by atoms with van der Waals surface area (Å²) in [5.41, 5.74) is 0.333. The summed E-state index contributed by atoms with van der Waals surface area (Å²) in [5.74, 6) is 1.24. The molecule has 1 saturated carbocycles. The van der Waals surface area contributed by atoms with E-state index in [1.165, 1.54) is 12.8 Å². The molecule has 0 aliphatic heterocycles. The van der Waals surface area contributed by atoms with E-state index >= 15 is 0 Å². The monoisotopic (exact) mass is 295 g/mol. The quantitative estimate of drug-likeness (QED) is 0.929. The smallest absolute Gasteiger partial charge is 0.274 e. The summed E-state index contributed by atoms with van der Waals surface area (Å²) >= 11 is 6.12. The Kier molecular flexibility index (Phi) is 4.86. The average Bonchev–Trinajstić information content (AvgIpc) is 2.46. The number of nitrogens with one attached hydrogen (secondary N) is 1.